The smallest absolute Gasteiger partial charge is 0.119 e. The summed E-state index contributed by atoms with van der Waals surface area (Å²) in [5, 5.41) is 3.49. The van der Waals surface area contributed by atoms with Gasteiger partial charge in [0.2, 0.25) is 0 Å². The van der Waals surface area contributed by atoms with E-state index in [2.05, 4.69) is 36.5 Å². The van der Waals surface area contributed by atoms with Crippen molar-refractivity contribution >= 4 is 5.69 Å². The molecule has 1 aromatic rings. The zero-order valence-electron chi connectivity index (χ0n) is 12.9. The van der Waals surface area contributed by atoms with Crippen LogP contribution in [0, 0.1) is 0 Å². The van der Waals surface area contributed by atoms with Gasteiger partial charge in [0, 0.05) is 12.2 Å². The van der Waals surface area contributed by atoms with Crippen LogP contribution in [0.1, 0.15) is 64.7 Å². The average molecular weight is 275 g/mol. The summed E-state index contributed by atoms with van der Waals surface area (Å²) in [7, 11) is 0. The third-order valence-electron chi connectivity index (χ3n) is 4.07. The topological polar surface area (TPSA) is 21.3 Å². The van der Waals surface area contributed by atoms with E-state index in [9.17, 15) is 0 Å². The molecular weight excluding hydrogens is 246 g/mol. The van der Waals surface area contributed by atoms with Crippen molar-refractivity contribution in [3.05, 3.63) is 24.3 Å². The maximum Gasteiger partial charge on any atom is 0.119 e. The van der Waals surface area contributed by atoms with E-state index in [0.717, 1.165) is 12.3 Å². The Bertz CT molecular complexity index is 354. The van der Waals surface area contributed by atoms with Crippen molar-refractivity contribution in [1.29, 1.82) is 0 Å². The molecule has 1 aliphatic carbocycles. The van der Waals surface area contributed by atoms with Gasteiger partial charge in [0.05, 0.1) is 6.10 Å². The van der Waals surface area contributed by atoms with Gasteiger partial charge in [0.15, 0.2) is 0 Å². The van der Waals surface area contributed by atoms with E-state index in [4.69, 9.17) is 4.74 Å². The first-order chi connectivity index (χ1) is 9.88. The first kappa shape index (κ1) is 15.2. The zero-order chi connectivity index (χ0) is 14.0. The predicted octanol–water partition coefficient (Wildman–Crippen LogP) is 5.39. The Morgan fingerprint density at radius 3 is 2.40 bits per heavy atom. The average Bonchev–Trinajstić information content (AvgIpc) is 2.97. The molecular formula is C18H29NO. The van der Waals surface area contributed by atoms with Crippen molar-refractivity contribution < 1.29 is 4.74 Å². The molecule has 0 radical (unpaired) electrons. The Labute approximate surface area is 123 Å². The van der Waals surface area contributed by atoms with Crippen molar-refractivity contribution in [2.45, 2.75) is 70.8 Å². The molecule has 0 spiro atoms. The SMILES string of the molecule is CCCCCCCNc1ccc(OC2CCCC2)cc1. The number of benzene rings is 1. The second-order valence-electron chi connectivity index (χ2n) is 5.89. The third kappa shape index (κ3) is 5.44. The molecule has 1 fully saturated rings. The molecule has 0 aromatic heterocycles. The normalized spacial score (nSPS) is 15.4. The second kappa shape index (κ2) is 8.89. The van der Waals surface area contributed by atoms with Crippen LogP contribution in [0.4, 0.5) is 5.69 Å². The first-order valence-electron chi connectivity index (χ1n) is 8.39. The summed E-state index contributed by atoms with van der Waals surface area (Å²) in [6.45, 7) is 3.33. The fourth-order valence-electron chi connectivity index (χ4n) is 2.81. The summed E-state index contributed by atoms with van der Waals surface area (Å²) in [4.78, 5) is 0. The van der Waals surface area contributed by atoms with Gasteiger partial charge in [-0.25, -0.2) is 0 Å². The lowest BCUT2D eigenvalue weighted by Gasteiger charge is -2.13. The van der Waals surface area contributed by atoms with Crippen LogP contribution in [0.25, 0.3) is 0 Å². The third-order valence-corrected chi connectivity index (χ3v) is 4.07. The maximum atomic E-state index is 5.97. The van der Waals surface area contributed by atoms with E-state index < -0.39 is 0 Å². The highest BCUT2D eigenvalue weighted by atomic mass is 16.5. The molecule has 1 saturated carbocycles. The number of anilines is 1. The van der Waals surface area contributed by atoms with Gasteiger partial charge in [-0.2, -0.15) is 0 Å². The number of hydrogen-bond acceptors (Lipinski definition) is 2. The van der Waals surface area contributed by atoms with Crippen LogP contribution in [0.15, 0.2) is 24.3 Å². The summed E-state index contributed by atoms with van der Waals surface area (Å²) in [6.07, 6.45) is 12.2. The lowest BCUT2D eigenvalue weighted by atomic mass is 10.1. The number of rotatable bonds is 9. The summed E-state index contributed by atoms with van der Waals surface area (Å²) in [6, 6.07) is 8.46. The molecule has 2 heteroatoms. The fraction of sp³-hybridized carbons (Fsp3) is 0.667. The van der Waals surface area contributed by atoms with E-state index in [1.807, 2.05) is 0 Å². The number of hydrogen-bond donors (Lipinski definition) is 1. The molecule has 0 bridgehead atoms. The Hall–Kier alpha value is -1.18. The number of nitrogens with one attached hydrogen (secondary N) is 1. The van der Waals surface area contributed by atoms with E-state index >= 15 is 0 Å². The second-order valence-corrected chi connectivity index (χ2v) is 5.89. The van der Waals surface area contributed by atoms with Crippen molar-refractivity contribution in [1.82, 2.24) is 0 Å². The largest absolute Gasteiger partial charge is 0.490 e. The predicted molar refractivity (Wildman–Crippen MR) is 86.6 cm³/mol. The highest BCUT2D eigenvalue weighted by Gasteiger charge is 2.16. The summed E-state index contributed by atoms with van der Waals surface area (Å²) < 4.78 is 5.97. The van der Waals surface area contributed by atoms with Crippen LogP contribution in [0.5, 0.6) is 5.75 Å². The highest BCUT2D eigenvalue weighted by molar-refractivity contribution is 5.46. The molecule has 0 amide bonds. The molecule has 1 aromatic carbocycles. The van der Waals surface area contributed by atoms with E-state index in [0.29, 0.717) is 6.10 Å². The minimum atomic E-state index is 0.451. The Balaban J connectivity index is 1.63. The molecule has 0 aliphatic heterocycles. The molecule has 1 N–H and O–H groups in total. The van der Waals surface area contributed by atoms with E-state index in [1.165, 1.54) is 63.5 Å². The Morgan fingerprint density at radius 1 is 1.00 bits per heavy atom. The molecule has 2 nitrogen and oxygen atoms in total. The van der Waals surface area contributed by atoms with Gasteiger partial charge >= 0.3 is 0 Å². The molecule has 20 heavy (non-hydrogen) atoms. The van der Waals surface area contributed by atoms with Crippen LogP contribution in [0.3, 0.4) is 0 Å². The van der Waals surface area contributed by atoms with Gasteiger partial charge in [-0.05, 0) is 56.4 Å². The van der Waals surface area contributed by atoms with Crippen molar-refractivity contribution in [3.8, 4) is 5.75 Å². The minimum absolute atomic E-state index is 0.451. The summed E-state index contributed by atoms with van der Waals surface area (Å²) in [5.74, 6) is 1.02. The van der Waals surface area contributed by atoms with Gasteiger partial charge in [-0.15, -0.1) is 0 Å². The lowest BCUT2D eigenvalue weighted by molar-refractivity contribution is 0.210. The van der Waals surface area contributed by atoms with Crippen LogP contribution in [-0.4, -0.2) is 12.6 Å². The van der Waals surface area contributed by atoms with Crippen LogP contribution >= 0.6 is 0 Å². The molecule has 112 valence electrons. The molecule has 0 saturated heterocycles. The molecule has 1 aliphatic rings. The number of unbranched alkanes of at least 4 members (excludes halogenated alkanes) is 4. The lowest BCUT2D eigenvalue weighted by Crippen LogP contribution is -2.10. The van der Waals surface area contributed by atoms with E-state index in [1.54, 1.807) is 0 Å². The Morgan fingerprint density at radius 2 is 1.70 bits per heavy atom. The van der Waals surface area contributed by atoms with Gasteiger partial charge in [0.1, 0.15) is 5.75 Å². The molecule has 0 atom stereocenters. The Kier molecular flexibility index (Phi) is 6.76. The van der Waals surface area contributed by atoms with Crippen molar-refractivity contribution in [2.75, 3.05) is 11.9 Å². The van der Waals surface area contributed by atoms with Crippen LogP contribution in [0.2, 0.25) is 0 Å². The maximum absolute atomic E-state index is 5.97. The summed E-state index contributed by atoms with van der Waals surface area (Å²) in [5.41, 5.74) is 1.21. The van der Waals surface area contributed by atoms with Crippen LogP contribution in [-0.2, 0) is 0 Å². The molecule has 0 heterocycles. The number of ether oxygens (including phenoxy) is 1. The van der Waals surface area contributed by atoms with Crippen LogP contribution < -0.4 is 10.1 Å². The summed E-state index contributed by atoms with van der Waals surface area (Å²) >= 11 is 0. The fourth-order valence-corrected chi connectivity index (χ4v) is 2.81. The molecule has 2 rings (SSSR count). The standard InChI is InChI=1S/C18H29NO/c1-2-3-4-5-8-15-19-16-11-13-18(14-12-16)20-17-9-6-7-10-17/h11-14,17,19H,2-10,15H2,1H3. The van der Waals surface area contributed by atoms with E-state index in [-0.39, 0.29) is 0 Å². The van der Waals surface area contributed by atoms with Gasteiger partial charge < -0.3 is 10.1 Å². The minimum Gasteiger partial charge on any atom is -0.490 e. The zero-order valence-corrected chi connectivity index (χ0v) is 12.9. The van der Waals surface area contributed by atoms with Gasteiger partial charge in [-0.3, -0.25) is 0 Å². The first-order valence-corrected chi connectivity index (χ1v) is 8.39. The van der Waals surface area contributed by atoms with Gasteiger partial charge in [0.25, 0.3) is 0 Å². The van der Waals surface area contributed by atoms with Gasteiger partial charge in [-0.1, -0.05) is 32.6 Å². The monoisotopic (exact) mass is 275 g/mol. The van der Waals surface area contributed by atoms with Crippen molar-refractivity contribution in [3.63, 3.8) is 0 Å². The quantitative estimate of drug-likeness (QED) is 0.610. The molecule has 0 unspecified atom stereocenters. The highest BCUT2D eigenvalue weighted by Crippen LogP contribution is 2.24. The van der Waals surface area contributed by atoms with Crippen molar-refractivity contribution in [2.24, 2.45) is 0 Å².